The van der Waals surface area contributed by atoms with Crippen LogP contribution in [0.15, 0.2) is 0 Å². The molecule has 0 aromatic carbocycles. The van der Waals surface area contributed by atoms with Crippen LogP contribution in [0.2, 0.25) is 0 Å². The molecule has 0 amide bonds. The average molecular weight is 297 g/mol. The maximum Gasteiger partial charge on any atom is 0.0113 e. The van der Waals surface area contributed by atoms with Crippen LogP contribution in [-0.2, 0) is 0 Å². The van der Waals surface area contributed by atoms with Crippen molar-refractivity contribution in [2.75, 3.05) is 26.7 Å². The first-order valence-electron chi connectivity index (χ1n) is 9.07. The second kappa shape index (κ2) is 7.97. The van der Waals surface area contributed by atoms with Crippen molar-refractivity contribution < 1.29 is 0 Å². The van der Waals surface area contributed by atoms with Crippen molar-refractivity contribution in [1.82, 2.24) is 10.2 Å². The van der Waals surface area contributed by atoms with Gasteiger partial charge in [-0.1, -0.05) is 53.9 Å². The third-order valence-electron chi connectivity index (χ3n) is 5.47. The van der Waals surface area contributed by atoms with Gasteiger partial charge in [-0.15, -0.1) is 0 Å². The summed E-state index contributed by atoms with van der Waals surface area (Å²) < 4.78 is 0. The Labute approximate surface area is 134 Å². The smallest absolute Gasteiger partial charge is 0.0113 e. The van der Waals surface area contributed by atoms with E-state index in [4.69, 9.17) is 0 Å². The van der Waals surface area contributed by atoms with Gasteiger partial charge in [0, 0.05) is 19.1 Å². The van der Waals surface area contributed by atoms with Gasteiger partial charge in [-0.3, -0.25) is 0 Å². The summed E-state index contributed by atoms with van der Waals surface area (Å²) in [5, 5.41) is 3.75. The van der Waals surface area contributed by atoms with E-state index in [0.29, 0.717) is 16.9 Å². The lowest BCUT2D eigenvalue weighted by atomic mass is 9.73. The van der Waals surface area contributed by atoms with Crippen LogP contribution in [0.3, 0.4) is 0 Å². The Morgan fingerprint density at radius 1 is 1.05 bits per heavy atom. The Balaban J connectivity index is 2.64. The summed E-state index contributed by atoms with van der Waals surface area (Å²) in [5.74, 6) is 0.747. The maximum atomic E-state index is 3.75. The van der Waals surface area contributed by atoms with Crippen molar-refractivity contribution in [3.63, 3.8) is 0 Å². The van der Waals surface area contributed by atoms with Crippen LogP contribution in [0.4, 0.5) is 0 Å². The molecule has 1 saturated carbocycles. The first kappa shape index (κ1) is 19.0. The molecular formula is C19H40N2. The fourth-order valence-corrected chi connectivity index (χ4v) is 3.65. The standard InChI is InChI=1S/C19H40N2/c1-16(2)13-20-14-19(11-9-8-10-12-19)15-21(7)17(3)18(4,5)6/h16-17,20H,8-15H2,1-7H3. The predicted octanol–water partition coefficient (Wildman–Crippen LogP) is 4.55. The summed E-state index contributed by atoms with van der Waals surface area (Å²) in [5.41, 5.74) is 0.858. The highest BCUT2D eigenvalue weighted by Crippen LogP contribution is 2.37. The molecule has 1 aliphatic rings. The van der Waals surface area contributed by atoms with Crippen molar-refractivity contribution in [2.24, 2.45) is 16.7 Å². The Kier molecular flexibility index (Phi) is 7.19. The van der Waals surface area contributed by atoms with Crippen molar-refractivity contribution in [3.05, 3.63) is 0 Å². The fourth-order valence-electron chi connectivity index (χ4n) is 3.65. The number of nitrogens with zero attached hydrogens (tertiary/aromatic N) is 1. The largest absolute Gasteiger partial charge is 0.316 e. The van der Waals surface area contributed by atoms with Crippen molar-refractivity contribution in [1.29, 1.82) is 0 Å². The predicted molar refractivity (Wildman–Crippen MR) is 94.8 cm³/mol. The lowest BCUT2D eigenvalue weighted by Crippen LogP contribution is -2.49. The highest BCUT2D eigenvalue weighted by molar-refractivity contribution is 4.90. The molecule has 0 spiro atoms. The average Bonchev–Trinajstić information content (AvgIpc) is 2.37. The molecule has 1 atom stereocenters. The monoisotopic (exact) mass is 296 g/mol. The van der Waals surface area contributed by atoms with Crippen LogP contribution in [-0.4, -0.2) is 37.6 Å². The van der Waals surface area contributed by atoms with Crippen molar-refractivity contribution >= 4 is 0 Å². The van der Waals surface area contributed by atoms with Gasteiger partial charge in [0.05, 0.1) is 0 Å². The Morgan fingerprint density at radius 3 is 2.10 bits per heavy atom. The summed E-state index contributed by atoms with van der Waals surface area (Å²) in [4.78, 5) is 2.61. The Bertz CT molecular complexity index is 284. The quantitative estimate of drug-likeness (QED) is 0.741. The summed E-state index contributed by atoms with van der Waals surface area (Å²) in [6.07, 6.45) is 7.07. The van der Waals surface area contributed by atoms with Crippen LogP contribution in [0.5, 0.6) is 0 Å². The Hall–Kier alpha value is -0.0800. The van der Waals surface area contributed by atoms with Crippen LogP contribution >= 0.6 is 0 Å². The lowest BCUT2D eigenvalue weighted by Gasteiger charge is -2.44. The first-order valence-corrected chi connectivity index (χ1v) is 9.07. The van der Waals surface area contributed by atoms with Gasteiger partial charge >= 0.3 is 0 Å². The number of hydrogen-bond acceptors (Lipinski definition) is 2. The second-order valence-corrected chi connectivity index (χ2v) is 9.04. The third kappa shape index (κ3) is 6.28. The summed E-state index contributed by atoms with van der Waals surface area (Å²) in [6.45, 7) is 17.7. The molecule has 0 heterocycles. The lowest BCUT2D eigenvalue weighted by molar-refractivity contribution is 0.0597. The van der Waals surface area contributed by atoms with Gasteiger partial charge in [0.1, 0.15) is 0 Å². The first-order chi connectivity index (χ1) is 9.66. The highest BCUT2D eigenvalue weighted by atomic mass is 15.1. The molecule has 1 fully saturated rings. The van der Waals surface area contributed by atoms with Crippen LogP contribution < -0.4 is 5.32 Å². The van der Waals surface area contributed by atoms with Crippen LogP contribution in [0, 0.1) is 16.7 Å². The van der Waals surface area contributed by atoms with Gasteiger partial charge in [0.15, 0.2) is 0 Å². The molecule has 0 radical (unpaired) electrons. The van der Waals surface area contributed by atoms with Crippen LogP contribution in [0.25, 0.3) is 0 Å². The minimum atomic E-state index is 0.357. The van der Waals surface area contributed by atoms with Gasteiger partial charge < -0.3 is 10.2 Å². The number of hydrogen-bond donors (Lipinski definition) is 1. The molecule has 1 N–H and O–H groups in total. The van der Waals surface area contributed by atoms with Crippen molar-refractivity contribution in [2.45, 2.75) is 79.7 Å². The molecule has 0 aliphatic heterocycles. The van der Waals surface area contributed by atoms with E-state index in [1.54, 1.807) is 0 Å². The van der Waals surface area contributed by atoms with Gasteiger partial charge in [-0.2, -0.15) is 0 Å². The minimum Gasteiger partial charge on any atom is -0.316 e. The zero-order valence-electron chi connectivity index (χ0n) is 15.8. The van der Waals surface area contributed by atoms with E-state index in [-0.39, 0.29) is 0 Å². The van der Waals surface area contributed by atoms with Crippen molar-refractivity contribution in [3.8, 4) is 0 Å². The van der Waals surface area contributed by atoms with E-state index in [0.717, 1.165) is 12.5 Å². The molecule has 0 bridgehead atoms. The van der Waals surface area contributed by atoms with E-state index in [9.17, 15) is 0 Å². The summed E-state index contributed by atoms with van der Waals surface area (Å²) in [7, 11) is 2.33. The highest BCUT2D eigenvalue weighted by Gasteiger charge is 2.35. The van der Waals surface area contributed by atoms with E-state index in [1.807, 2.05) is 0 Å². The van der Waals surface area contributed by atoms with E-state index >= 15 is 0 Å². The SMILES string of the molecule is CC(C)CNCC1(CN(C)C(C)C(C)(C)C)CCCCC1. The Morgan fingerprint density at radius 2 is 1.62 bits per heavy atom. The molecule has 1 aliphatic carbocycles. The zero-order chi connectivity index (χ0) is 16.1. The van der Waals surface area contributed by atoms with Gasteiger partial charge in [-0.05, 0) is 50.1 Å². The van der Waals surface area contributed by atoms with Gasteiger partial charge in [0.2, 0.25) is 0 Å². The zero-order valence-corrected chi connectivity index (χ0v) is 15.8. The van der Waals surface area contributed by atoms with Gasteiger partial charge in [-0.25, -0.2) is 0 Å². The van der Waals surface area contributed by atoms with E-state index < -0.39 is 0 Å². The summed E-state index contributed by atoms with van der Waals surface area (Å²) >= 11 is 0. The van der Waals surface area contributed by atoms with E-state index in [1.165, 1.54) is 45.2 Å². The molecule has 126 valence electrons. The van der Waals surface area contributed by atoms with Gasteiger partial charge in [0.25, 0.3) is 0 Å². The molecule has 0 aromatic rings. The second-order valence-electron chi connectivity index (χ2n) is 9.04. The molecule has 0 aromatic heterocycles. The number of nitrogens with one attached hydrogen (secondary N) is 1. The van der Waals surface area contributed by atoms with Crippen LogP contribution in [0.1, 0.15) is 73.6 Å². The molecule has 2 nitrogen and oxygen atoms in total. The summed E-state index contributed by atoms with van der Waals surface area (Å²) in [6, 6.07) is 0.626. The molecule has 2 heteroatoms. The van der Waals surface area contributed by atoms with E-state index in [2.05, 4.69) is 58.8 Å². The molecule has 1 unspecified atom stereocenters. The maximum absolute atomic E-state index is 3.75. The molecule has 0 saturated heterocycles. The third-order valence-corrected chi connectivity index (χ3v) is 5.47. The molecule has 21 heavy (non-hydrogen) atoms. The molecule has 1 rings (SSSR count). The fraction of sp³-hybridized carbons (Fsp3) is 1.00. The normalized spacial score (nSPS) is 21.0. The molecular weight excluding hydrogens is 256 g/mol. The minimum absolute atomic E-state index is 0.357. The topological polar surface area (TPSA) is 15.3 Å². The number of rotatable bonds is 7.